The first-order valence-corrected chi connectivity index (χ1v) is 7.06. The van der Waals surface area contributed by atoms with Gasteiger partial charge >= 0.3 is 0 Å². The molecule has 0 radical (unpaired) electrons. The van der Waals surface area contributed by atoms with Crippen molar-refractivity contribution in [2.24, 2.45) is 5.84 Å². The molecular weight excluding hydrogens is 272 g/mol. The summed E-state index contributed by atoms with van der Waals surface area (Å²) in [5.74, 6) is 5.66. The highest BCUT2D eigenvalue weighted by Crippen LogP contribution is 2.23. The van der Waals surface area contributed by atoms with Gasteiger partial charge in [0.2, 0.25) is 0 Å². The fourth-order valence-corrected chi connectivity index (χ4v) is 2.61. The number of carbonyl (C=O) groups excluding carboxylic acids is 1. The Balaban J connectivity index is 2.13. The van der Waals surface area contributed by atoms with Crippen LogP contribution in [0.15, 0.2) is 41.8 Å². The summed E-state index contributed by atoms with van der Waals surface area (Å²) in [4.78, 5) is 12.2. The molecule has 0 aliphatic heterocycles. The fraction of sp³-hybridized carbons (Fsp3) is 0.133. The first-order valence-electron chi connectivity index (χ1n) is 6.18. The number of ether oxygens (including phenoxy) is 1. The van der Waals surface area contributed by atoms with Crippen molar-refractivity contribution in [3.05, 3.63) is 57.8 Å². The first-order chi connectivity index (χ1) is 9.76. The number of allylic oxidation sites excluding steroid dienone is 1. The van der Waals surface area contributed by atoms with E-state index >= 15 is 0 Å². The quantitative estimate of drug-likeness (QED) is 0.505. The Labute approximate surface area is 121 Å². The van der Waals surface area contributed by atoms with Gasteiger partial charge in [0.15, 0.2) is 0 Å². The molecule has 0 aliphatic carbocycles. The summed E-state index contributed by atoms with van der Waals surface area (Å²) in [7, 11) is 0. The van der Waals surface area contributed by atoms with Crippen LogP contribution in [-0.2, 0) is 6.61 Å². The fourth-order valence-electron chi connectivity index (χ4n) is 1.80. The minimum absolute atomic E-state index is 0.291. The molecular formula is C15H16N2O2S. The zero-order valence-corrected chi connectivity index (χ0v) is 11.9. The molecule has 4 nitrogen and oxygen atoms in total. The minimum Gasteiger partial charge on any atom is -0.488 e. The molecule has 3 N–H and O–H groups in total. The molecule has 2 aromatic rings. The smallest absolute Gasteiger partial charge is 0.275 e. The van der Waals surface area contributed by atoms with Crippen molar-refractivity contribution in [2.45, 2.75) is 13.5 Å². The molecule has 5 heteroatoms. The van der Waals surface area contributed by atoms with Crippen molar-refractivity contribution >= 4 is 23.3 Å². The van der Waals surface area contributed by atoms with Crippen molar-refractivity contribution < 1.29 is 9.53 Å². The molecule has 1 aromatic carbocycles. The highest BCUT2D eigenvalue weighted by Gasteiger charge is 2.12. The van der Waals surface area contributed by atoms with Gasteiger partial charge in [0.1, 0.15) is 12.4 Å². The molecule has 0 spiro atoms. The Morgan fingerprint density at radius 3 is 2.95 bits per heavy atom. The largest absolute Gasteiger partial charge is 0.488 e. The van der Waals surface area contributed by atoms with E-state index in [1.807, 2.05) is 54.8 Å². The van der Waals surface area contributed by atoms with Gasteiger partial charge in [-0.05, 0) is 24.4 Å². The number of nitrogen functional groups attached to an aromatic ring is 1. The molecule has 20 heavy (non-hydrogen) atoms. The summed E-state index contributed by atoms with van der Waals surface area (Å²) in [6.45, 7) is 2.29. The SMILES string of the molecule is CC=Cc1ccccc1OCc1ccsc1C(=O)NN. The highest BCUT2D eigenvalue weighted by atomic mass is 32.1. The van der Waals surface area contributed by atoms with Crippen LogP contribution >= 0.6 is 11.3 Å². The highest BCUT2D eigenvalue weighted by molar-refractivity contribution is 7.12. The molecule has 104 valence electrons. The molecule has 0 saturated heterocycles. The second-order valence-corrected chi connectivity index (χ2v) is 4.99. The maximum Gasteiger partial charge on any atom is 0.275 e. The van der Waals surface area contributed by atoms with Crippen molar-refractivity contribution in [1.82, 2.24) is 5.43 Å². The number of hydrogen-bond donors (Lipinski definition) is 2. The molecule has 1 aromatic heterocycles. The molecule has 0 unspecified atom stereocenters. The third-order valence-corrected chi connectivity index (χ3v) is 3.69. The van der Waals surface area contributed by atoms with E-state index in [0.29, 0.717) is 11.5 Å². The van der Waals surface area contributed by atoms with Crippen LogP contribution in [0.4, 0.5) is 0 Å². The van der Waals surface area contributed by atoms with Crippen molar-refractivity contribution in [3.63, 3.8) is 0 Å². The maximum atomic E-state index is 11.6. The zero-order chi connectivity index (χ0) is 14.4. The van der Waals surface area contributed by atoms with E-state index in [9.17, 15) is 4.79 Å². The molecule has 0 atom stereocenters. The number of carbonyl (C=O) groups is 1. The van der Waals surface area contributed by atoms with Crippen LogP contribution in [-0.4, -0.2) is 5.91 Å². The topological polar surface area (TPSA) is 64.3 Å². The van der Waals surface area contributed by atoms with Gasteiger partial charge in [-0.25, -0.2) is 5.84 Å². The van der Waals surface area contributed by atoms with Crippen LogP contribution in [0.5, 0.6) is 5.75 Å². The number of nitrogens with two attached hydrogens (primary N) is 1. The lowest BCUT2D eigenvalue weighted by atomic mass is 10.2. The molecule has 0 fully saturated rings. The van der Waals surface area contributed by atoms with Gasteiger partial charge in [-0.2, -0.15) is 0 Å². The summed E-state index contributed by atoms with van der Waals surface area (Å²) >= 11 is 1.35. The van der Waals surface area contributed by atoms with Crippen LogP contribution < -0.4 is 16.0 Å². The van der Waals surface area contributed by atoms with Gasteiger partial charge < -0.3 is 4.74 Å². The molecule has 0 saturated carbocycles. The maximum absolute atomic E-state index is 11.6. The number of rotatable bonds is 5. The second-order valence-electron chi connectivity index (χ2n) is 4.07. The third kappa shape index (κ3) is 3.26. The number of para-hydroxylation sites is 1. The number of nitrogens with one attached hydrogen (secondary N) is 1. The lowest BCUT2D eigenvalue weighted by molar-refractivity contribution is 0.0955. The van der Waals surface area contributed by atoms with Crippen LogP contribution in [0.3, 0.4) is 0 Å². The Bertz CT molecular complexity index is 620. The zero-order valence-electron chi connectivity index (χ0n) is 11.1. The summed E-state index contributed by atoms with van der Waals surface area (Å²) in [6, 6.07) is 9.64. The third-order valence-electron chi connectivity index (χ3n) is 2.73. The Morgan fingerprint density at radius 1 is 1.40 bits per heavy atom. The number of amides is 1. The normalized spacial score (nSPS) is 10.7. The van der Waals surface area contributed by atoms with Gasteiger partial charge in [0.25, 0.3) is 5.91 Å². The summed E-state index contributed by atoms with van der Waals surface area (Å²) in [5, 5.41) is 1.85. The van der Waals surface area contributed by atoms with E-state index in [4.69, 9.17) is 10.6 Å². The minimum atomic E-state index is -0.291. The Kier molecular flexibility index (Phi) is 4.92. The number of hydrazine groups is 1. The number of benzene rings is 1. The van der Waals surface area contributed by atoms with Gasteiger partial charge in [0.05, 0.1) is 4.88 Å². The van der Waals surface area contributed by atoms with E-state index in [2.05, 4.69) is 5.43 Å². The van der Waals surface area contributed by atoms with Crippen LogP contribution in [0, 0.1) is 0 Å². The van der Waals surface area contributed by atoms with Crippen LogP contribution in [0.1, 0.15) is 27.7 Å². The molecule has 0 aliphatic rings. The number of hydrogen-bond acceptors (Lipinski definition) is 4. The van der Waals surface area contributed by atoms with Crippen molar-refractivity contribution in [1.29, 1.82) is 0 Å². The lowest BCUT2D eigenvalue weighted by Crippen LogP contribution is -2.30. The van der Waals surface area contributed by atoms with Crippen LogP contribution in [0.25, 0.3) is 6.08 Å². The predicted octanol–water partition coefficient (Wildman–Crippen LogP) is 2.96. The summed E-state index contributed by atoms with van der Waals surface area (Å²) < 4.78 is 5.80. The monoisotopic (exact) mass is 288 g/mol. The standard InChI is InChI=1S/C15H16N2O2S/c1-2-5-11-6-3-4-7-13(11)19-10-12-8-9-20-14(12)15(18)17-16/h2-9H,10,16H2,1H3,(H,17,18). The summed E-state index contributed by atoms with van der Waals surface area (Å²) in [6.07, 6.45) is 3.94. The first kappa shape index (κ1) is 14.3. The van der Waals surface area contributed by atoms with Crippen molar-refractivity contribution in [3.8, 4) is 5.75 Å². The average Bonchev–Trinajstić information content (AvgIpc) is 2.94. The van der Waals surface area contributed by atoms with E-state index in [-0.39, 0.29) is 5.91 Å². The molecule has 0 bridgehead atoms. The van der Waals surface area contributed by atoms with Gasteiger partial charge in [0, 0.05) is 11.1 Å². The van der Waals surface area contributed by atoms with E-state index in [1.54, 1.807) is 0 Å². The van der Waals surface area contributed by atoms with Gasteiger partial charge in [-0.15, -0.1) is 11.3 Å². The van der Waals surface area contributed by atoms with Crippen molar-refractivity contribution in [2.75, 3.05) is 0 Å². The van der Waals surface area contributed by atoms with E-state index in [0.717, 1.165) is 16.9 Å². The molecule has 1 heterocycles. The van der Waals surface area contributed by atoms with Crippen LogP contribution in [0.2, 0.25) is 0 Å². The molecule has 1 amide bonds. The molecule has 2 rings (SSSR count). The predicted molar refractivity (Wildman–Crippen MR) is 81.5 cm³/mol. The van der Waals surface area contributed by atoms with Gasteiger partial charge in [-0.1, -0.05) is 30.4 Å². The van der Waals surface area contributed by atoms with E-state index < -0.39 is 0 Å². The second kappa shape index (κ2) is 6.88. The van der Waals surface area contributed by atoms with Gasteiger partial charge in [-0.3, -0.25) is 10.2 Å². The number of thiophene rings is 1. The van der Waals surface area contributed by atoms with E-state index in [1.165, 1.54) is 11.3 Å². The lowest BCUT2D eigenvalue weighted by Gasteiger charge is -2.09. The summed E-state index contributed by atoms with van der Waals surface area (Å²) in [5.41, 5.74) is 3.98. The average molecular weight is 288 g/mol. The Hall–Kier alpha value is -2.11. The Morgan fingerprint density at radius 2 is 2.20 bits per heavy atom.